The van der Waals surface area contributed by atoms with Crippen molar-refractivity contribution in [3.63, 3.8) is 0 Å². The van der Waals surface area contributed by atoms with Crippen LogP contribution < -0.4 is 0 Å². The minimum atomic E-state index is 0.900. The summed E-state index contributed by atoms with van der Waals surface area (Å²) in [4.78, 5) is 9.32. The van der Waals surface area contributed by atoms with Crippen LogP contribution in [-0.4, -0.2) is 9.97 Å². The van der Waals surface area contributed by atoms with Crippen molar-refractivity contribution in [2.75, 3.05) is 0 Å². The number of hydrogen-bond acceptors (Lipinski definition) is 2. The highest BCUT2D eigenvalue weighted by molar-refractivity contribution is 6.25. The Labute approximate surface area is 279 Å². The van der Waals surface area contributed by atoms with Crippen molar-refractivity contribution >= 4 is 32.3 Å². The SMILES string of the molecule is c1ccc(-c2cccc(-c3cc(-c4cccc(-c5cccc(-c6ccc7c8ccccc8c8ccccc8c7c6)c5)c4)ncn3)c2)cc1. The van der Waals surface area contributed by atoms with Gasteiger partial charge in [0.15, 0.2) is 0 Å². The Bertz CT molecular complexity index is 2580. The largest absolute Gasteiger partial charge is 0.236 e. The molecule has 2 heteroatoms. The van der Waals surface area contributed by atoms with E-state index in [0.29, 0.717) is 0 Å². The number of fused-ring (bicyclic) bond motifs is 6. The summed E-state index contributed by atoms with van der Waals surface area (Å²) in [6.45, 7) is 0. The van der Waals surface area contributed by atoms with Crippen LogP contribution >= 0.6 is 0 Å². The Balaban J connectivity index is 1.07. The molecule has 0 unspecified atom stereocenters. The molecule has 0 amide bonds. The summed E-state index contributed by atoms with van der Waals surface area (Å²) in [7, 11) is 0. The second kappa shape index (κ2) is 11.8. The number of nitrogens with zero attached hydrogens (tertiary/aromatic N) is 2. The van der Waals surface area contributed by atoms with Crippen molar-refractivity contribution in [2.45, 2.75) is 0 Å². The average molecular weight is 611 g/mol. The highest BCUT2D eigenvalue weighted by Gasteiger charge is 2.11. The van der Waals surface area contributed by atoms with Gasteiger partial charge in [0, 0.05) is 11.1 Å². The van der Waals surface area contributed by atoms with Gasteiger partial charge in [0.2, 0.25) is 0 Å². The maximum atomic E-state index is 4.68. The third-order valence-corrected chi connectivity index (χ3v) is 9.36. The van der Waals surface area contributed by atoms with Gasteiger partial charge in [-0.3, -0.25) is 0 Å². The minimum Gasteiger partial charge on any atom is -0.236 e. The molecule has 0 bridgehead atoms. The van der Waals surface area contributed by atoms with E-state index in [1.165, 1.54) is 60.1 Å². The molecule has 1 heterocycles. The lowest BCUT2D eigenvalue weighted by molar-refractivity contribution is 1.18. The van der Waals surface area contributed by atoms with Crippen molar-refractivity contribution in [1.82, 2.24) is 9.97 Å². The zero-order valence-corrected chi connectivity index (χ0v) is 26.2. The van der Waals surface area contributed by atoms with Crippen LogP contribution in [0, 0.1) is 0 Å². The summed E-state index contributed by atoms with van der Waals surface area (Å²) < 4.78 is 0. The molecule has 1 aromatic heterocycles. The smallest absolute Gasteiger partial charge is 0.116 e. The molecular formula is C46H30N2. The summed E-state index contributed by atoms with van der Waals surface area (Å²) in [5, 5.41) is 7.73. The van der Waals surface area contributed by atoms with Crippen molar-refractivity contribution in [1.29, 1.82) is 0 Å². The van der Waals surface area contributed by atoms with Gasteiger partial charge in [-0.15, -0.1) is 0 Å². The first kappa shape index (κ1) is 27.9. The fraction of sp³-hybridized carbons (Fsp3) is 0. The normalized spacial score (nSPS) is 11.3. The topological polar surface area (TPSA) is 25.8 Å². The standard InChI is InChI=1S/C46H30N2/c1-2-11-31(12-3-1)32-13-9-17-37(26-32)45-29-46(48-30-47-45)38-18-10-16-35(27-38)33-14-8-15-34(25-33)36-23-24-43-41-21-5-4-19-39(41)40-20-6-7-22-42(40)44(43)28-36/h1-30H. The van der Waals surface area contributed by atoms with Gasteiger partial charge in [-0.1, -0.05) is 146 Å². The van der Waals surface area contributed by atoms with Crippen LogP contribution in [0.2, 0.25) is 0 Å². The Morgan fingerprint density at radius 3 is 1.15 bits per heavy atom. The highest BCUT2D eigenvalue weighted by Crippen LogP contribution is 2.38. The van der Waals surface area contributed by atoms with Crippen LogP contribution in [0.3, 0.4) is 0 Å². The van der Waals surface area contributed by atoms with Crippen LogP contribution in [0.4, 0.5) is 0 Å². The molecule has 8 aromatic carbocycles. The van der Waals surface area contributed by atoms with E-state index < -0.39 is 0 Å². The zero-order valence-electron chi connectivity index (χ0n) is 26.2. The second-order valence-corrected chi connectivity index (χ2v) is 12.2. The van der Waals surface area contributed by atoms with Gasteiger partial charge in [0.25, 0.3) is 0 Å². The molecule has 0 aliphatic carbocycles. The molecule has 0 atom stereocenters. The molecule has 9 aromatic rings. The minimum absolute atomic E-state index is 0.900. The first-order chi connectivity index (χ1) is 23.8. The van der Waals surface area contributed by atoms with Gasteiger partial charge >= 0.3 is 0 Å². The van der Waals surface area contributed by atoms with E-state index in [4.69, 9.17) is 0 Å². The molecule has 0 N–H and O–H groups in total. The second-order valence-electron chi connectivity index (χ2n) is 12.2. The van der Waals surface area contributed by atoms with Gasteiger partial charge in [-0.2, -0.15) is 0 Å². The highest BCUT2D eigenvalue weighted by atomic mass is 14.8. The van der Waals surface area contributed by atoms with E-state index in [-0.39, 0.29) is 0 Å². The van der Waals surface area contributed by atoms with E-state index >= 15 is 0 Å². The molecule has 0 radical (unpaired) electrons. The van der Waals surface area contributed by atoms with E-state index in [1.807, 2.05) is 6.07 Å². The van der Waals surface area contributed by atoms with E-state index in [0.717, 1.165) is 28.1 Å². The van der Waals surface area contributed by atoms with Crippen LogP contribution in [0.5, 0.6) is 0 Å². The van der Waals surface area contributed by atoms with Crippen molar-refractivity contribution in [3.8, 4) is 55.9 Å². The van der Waals surface area contributed by atoms with Gasteiger partial charge in [-0.25, -0.2) is 9.97 Å². The fourth-order valence-electron chi connectivity index (χ4n) is 6.99. The fourth-order valence-corrected chi connectivity index (χ4v) is 6.99. The van der Waals surface area contributed by atoms with E-state index in [1.54, 1.807) is 6.33 Å². The van der Waals surface area contributed by atoms with Crippen LogP contribution in [0.1, 0.15) is 0 Å². The lowest BCUT2D eigenvalue weighted by Gasteiger charge is -2.13. The number of aromatic nitrogens is 2. The van der Waals surface area contributed by atoms with Gasteiger partial charge < -0.3 is 0 Å². The molecule has 0 aliphatic rings. The van der Waals surface area contributed by atoms with Gasteiger partial charge in [0.05, 0.1) is 11.4 Å². The summed E-state index contributed by atoms with van der Waals surface area (Å²) in [6.07, 6.45) is 1.67. The Morgan fingerprint density at radius 2 is 0.604 bits per heavy atom. The van der Waals surface area contributed by atoms with Gasteiger partial charge in [-0.05, 0) is 96.0 Å². The molecule has 0 saturated carbocycles. The van der Waals surface area contributed by atoms with E-state index in [9.17, 15) is 0 Å². The predicted molar refractivity (Wildman–Crippen MR) is 202 cm³/mol. The van der Waals surface area contributed by atoms with E-state index in [2.05, 4.69) is 180 Å². The third-order valence-electron chi connectivity index (χ3n) is 9.36. The number of rotatable bonds is 5. The van der Waals surface area contributed by atoms with Crippen molar-refractivity contribution in [3.05, 3.63) is 182 Å². The summed E-state index contributed by atoms with van der Waals surface area (Å²) >= 11 is 0. The van der Waals surface area contributed by atoms with Crippen LogP contribution in [0.25, 0.3) is 88.2 Å². The Hall–Kier alpha value is -6.38. The Kier molecular flexibility index (Phi) is 6.84. The number of hydrogen-bond donors (Lipinski definition) is 0. The molecule has 48 heavy (non-hydrogen) atoms. The predicted octanol–water partition coefficient (Wildman–Crippen LogP) is 12.3. The van der Waals surface area contributed by atoms with Crippen molar-refractivity contribution in [2.24, 2.45) is 0 Å². The molecular weight excluding hydrogens is 581 g/mol. The lowest BCUT2D eigenvalue weighted by Crippen LogP contribution is -1.90. The first-order valence-electron chi connectivity index (χ1n) is 16.3. The monoisotopic (exact) mass is 610 g/mol. The van der Waals surface area contributed by atoms with Crippen molar-refractivity contribution < 1.29 is 0 Å². The average Bonchev–Trinajstić information content (AvgIpc) is 3.18. The molecule has 0 fully saturated rings. The molecule has 2 nitrogen and oxygen atoms in total. The molecule has 9 rings (SSSR count). The lowest BCUT2D eigenvalue weighted by atomic mass is 9.91. The molecule has 0 spiro atoms. The first-order valence-corrected chi connectivity index (χ1v) is 16.3. The Morgan fingerprint density at radius 1 is 0.229 bits per heavy atom. The third kappa shape index (κ3) is 5.01. The van der Waals surface area contributed by atoms with Crippen LogP contribution in [0.15, 0.2) is 182 Å². The van der Waals surface area contributed by atoms with Crippen LogP contribution in [-0.2, 0) is 0 Å². The zero-order chi connectivity index (χ0) is 31.9. The molecule has 0 aliphatic heterocycles. The quantitative estimate of drug-likeness (QED) is 0.181. The van der Waals surface area contributed by atoms with Gasteiger partial charge in [0.1, 0.15) is 6.33 Å². The number of benzene rings is 8. The molecule has 0 saturated heterocycles. The summed E-state index contributed by atoms with van der Waals surface area (Å²) in [6, 6.07) is 62.9. The summed E-state index contributed by atoms with van der Waals surface area (Å²) in [5.74, 6) is 0. The maximum Gasteiger partial charge on any atom is 0.116 e. The maximum absolute atomic E-state index is 4.68. The molecule has 224 valence electrons. The summed E-state index contributed by atoms with van der Waals surface area (Å²) in [5.41, 5.74) is 11.0.